The van der Waals surface area contributed by atoms with Gasteiger partial charge in [-0.15, -0.1) is 0 Å². The average molecular weight is 807 g/mol. The predicted molar refractivity (Wildman–Crippen MR) is 263 cm³/mol. The fraction of sp³-hybridized carbons (Fsp3) is 0.100. The molecule has 9 aromatic carbocycles. The molecular weight excluding hydrogens is 765 g/mol. The number of fused-ring (bicyclic) bond motifs is 14. The van der Waals surface area contributed by atoms with Gasteiger partial charge in [-0.25, -0.2) is 0 Å². The van der Waals surface area contributed by atoms with Gasteiger partial charge in [-0.05, 0) is 130 Å². The lowest BCUT2D eigenvalue weighted by Gasteiger charge is -2.36. The summed E-state index contributed by atoms with van der Waals surface area (Å²) < 4.78 is 11.2. The zero-order valence-electron chi connectivity index (χ0n) is 34.8. The minimum absolute atomic E-state index is 0.0261. The van der Waals surface area contributed by atoms with Crippen LogP contribution in [-0.4, -0.2) is 9.13 Å². The summed E-state index contributed by atoms with van der Waals surface area (Å²) in [7, 11) is 0. The van der Waals surface area contributed by atoms with Gasteiger partial charge >= 0.3 is 0 Å². The number of benzene rings is 9. The molecule has 3 aromatic heterocycles. The Morgan fingerprint density at radius 1 is 0.333 bits per heavy atom. The zero-order chi connectivity index (χ0) is 41.2. The van der Waals surface area contributed by atoms with E-state index >= 15 is 0 Å². The Hall–Kier alpha value is -7.62. The fourth-order valence-corrected chi connectivity index (χ4v) is 11.9. The van der Waals surface area contributed by atoms with Crippen LogP contribution in [0.15, 0.2) is 199 Å². The molecule has 0 unspecified atom stereocenters. The summed E-state index contributed by atoms with van der Waals surface area (Å²) in [5, 5.41) is 7.44. The molecular formula is C60H42N2O. The molecule has 0 saturated heterocycles. The topological polar surface area (TPSA) is 23.0 Å². The van der Waals surface area contributed by atoms with Crippen LogP contribution in [-0.2, 0) is 5.41 Å². The molecule has 1 saturated carbocycles. The van der Waals surface area contributed by atoms with Crippen LogP contribution in [0.4, 0.5) is 0 Å². The van der Waals surface area contributed by atoms with Crippen molar-refractivity contribution in [3.05, 3.63) is 205 Å². The van der Waals surface area contributed by atoms with Crippen LogP contribution in [0.5, 0.6) is 0 Å². The lowest BCUT2D eigenvalue weighted by molar-refractivity contribution is 0.353. The number of para-hydroxylation sites is 3. The van der Waals surface area contributed by atoms with E-state index < -0.39 is 0 Å². The van der Waals surface area contributed by atoms with Gasteiger partial charge in [0.25, 0.3) is 0 Å². The van der Waals surface area contributed by atoms with E-state index in [0.717, 1.165) is 27.6 Å². The van der Waals surface area contributed by atoms with E-state index in [4.69, 9.17) is 4.42 Å². The van der Waals surface area contributed by atoms with E-state index in [1.54, 1.807) is 0 Å². The second kappa shape index (κ2) is 13.2. The number of rotatable bonds is 4. The van der Waals surface area contributed by atoms with Crippen LogP contribution >= 0.6 is 0 Å². The molecule has 0 atom stereocenters. The number of aromatic nitrogens is 2. The number of furan rings is 1. The second-order valence-corrected chi connectivity index (χ2v) is 18.0. The van der Waals surface area contributed by atoms with Crippen molar-refractivity contribution in [1.82, 2.24) is 9.13 Å². The van der Waals surface area contributed by atoms with E-state index in [2.05, 4.69) is 197 Å². The Morgan fingerprint density at radius 3 is 1.76 bits per heavy atom. The van der Waals surface area contributed by atoms with Crippen molar-refractivity contribution in [3.8, 4) is 44.8 Å². The molecule has 0 bridgehead atoms. The lowest BCUT2D eigenvalue weighted by atomic mass is 9.67. The maximum atomic E-state index is 6.26. The molecule has 2 aliphatic carbocycles. The van der Waals surface area contributed by atoms with E-state index in [-0.39, 0.29) is 5.41 Å². The summed E-state index contributed by atoms with van der Waals surface area (Å²) in [6.07, 6.45) is 6.21. The number of hydrogen-bond acceptors (Lipinski definition) is 1. The van der Waals surface area contributed by atoms with Gasteiger partial charge in [0.15, 0.2) is 0 Å². The molecule has 63 heavy (non-hydrogen) atoms. The van der Waals surface area contributed by atoms with E-state index in [1.165, 1.54) is 126 Å². The monoisotopic (exact) mass is 806 g/mol. The van der Waals surface area contributed by atoms with Crippen molar-refractivity contribution in [1.29, 1.82) is 0 Å². The van der Waals surface area contributed by atoms with E-state index in [9.17, 15) is 0 Å². The Bertz CT molecular complexity index is 3830. The van der Waals surface area contributed by atoms with Gasteiger partial charge < -0.3 is 13.6 Å². The smallest absolute Gasteiger partial charge is 0.135 e. The Balaban J connectivity index is 0.971. The van der Waals surface area contributed by atoms with Crippen LogP contribution in [0.25, 0.3) is 110 Å². The minimum atomic E-state index is 0.0261. The molecule has 14 rings (SSSR count). The largest absolute Gasteiger partial charge is 0.456 e. The Kier molecular flexibility index (Phi) is 7.33. The highest BCUT2D eigenvalue weighted by molar-refractivity contribution is 6.13. The molecule has 1 spiro atoms. The summed E-state index contributed by atoms with van der Waals surface area (Å²) in [5.41, 5.74) is 19.8. The van der Waals surface area contributed by atoms with Gasteiger partial charge in [0, 0.05) is 49.1 Å². The van der Waals surface area contributed by atoms with Gasteiger partial charge in [0.1, 0.15) is 11.2 Å². The van der Waals surface area contributed by atoms with Crippen LogP contribution in [0.1, 0.15) is 43.2 Å². The molecule has 3 nitrogen and oxygen atoms in total. The summed E-state index contributed by atoms with van der Waals surface area (Å²) in [6, 6.07) is 72.3. The predicted octanol–water partition coefficient (Wildman–Crippen LogP) is 16.3. The second-order valence-electron chi connectivity index (χ2n) is 18.0. The molecule has 0 radical (unpaired) electrons. The number of nitrogens with zero attached hydrogens (tertiary/aromatic N) is 2. The highest BCUT2D eigenvalue weighted by atomic mass is 16.3. The van der Waals surface area contributed by atoms with Crippen molar-refractivity contribution >= 4 is 65.6 Å². The molecule has 1 fully saturated rings. The van der Waals surface area contributed by atoms with Gasteiger partial charge in [-0.2, -0.15) is 0 Å². The number of hydrogen-bond donors (Lipinski definition) is 0. The summed E-state index contributed by atoms with van der Waals surface area (Å²) in [4.78, 5) is 0. The first-order chi connectivity index (χ1) is 31.2. The SMILES string of the molecule is c1ccc(-c2cccc(-n3c4ccccc4c4cc5c(cc43)-c3cc(-c4ccc6c7ccccc7n(-c7ccc8oc9ccccc9c8c7)c6c4)ccc3C53CCCCC3)c2)cc1. The summed E-state index contributed by atoms with van der Waals surface area (Å²) >= 11 is 0. The summed E-state index contributed by atoms with van der Waals surface area (Å²) in [6.45, 7) is 0. The highest BCUT2D eigenvalue weighted by Gasteiger charge is 2.44. The molecule has 0 amide bonds. The Labute approximate surface area is 365 Å². The van der Waals surface area contributed by atoms with Crippen molar-refractivity contribution in [2.75, 3.05) is 0 Å². The van der Waals surface area contributed by atoms with Crippen molar-refractivity contribution in [2.45, 2.75) is 37.5 Å². The first-order valence-electron chi connectivity index (χ1n) is 22.5. The molecule has 298 valence electrons. The molecule has 0 aliphatic heterocycles. The van der Waals surface area contributed by atoms with Gasteiger partial charge in [-0.1, -0.05) is 141 Å². The molecule has 3 heteroatoms. The minimum Gasteiger partial charge on any atom is -0.456 e. The first-order valence-corrected chi connectivity index (χ1v) is 22.5. The third-order valence-corrected chi connectivity index (χ3v) is 14.7. The van der Waals surface area contributed by atoms with Gasteiger partial charge in [-0.3, -0.25) is 0 Å². The standard InChI is InChI=1S/C60H42N2O/c1-3-14-38(15-4-1)39-16-13-17-42(32-39)61-55-22-9-6-19-45(55)50-36-53-49(37-57(50)61)48-33-40(25-28-52(48)60(53)30-11-2-12-31-60)41-24-27-46-44-18-5-8-21-54(44)62(56(46)34-41)43-26-29-59-51(35-43)47-20-7-10-23-58(47)63-59/h1,3-10,13-29,32-37H,2,11-12,30-31H2. The highest BCUT2D eigenvalue weighted by Crippen LogP contribution is 2.58. The van der Waals surface area contributed by atoms with E-state index in [0.29, 0.717) is 0 Å². The van der Waals surface area contributed by atoms with Crippen LogP contribution in [0.3, 0.4) is 0 Å². The zero-order valence-corrected chi connectivity index (χ0v) is 34.8. The summed E-state index contributed by atoms with van der Waals surface area (Å²) in [5.74, 6) is 0. The maximum Gasteiger partial charge on any atom is 0.135 e. The molecule has 2 aliphatic rings. The van der Waals surface area contributed by atoms with Crippen LogP contribution in [0.2, 0.25) is 0 Å². The van der Waals surface area contributed by atoms with Crippen LogP contribution < -0.4 is 0 Å². The van der Waals surface area contributed by atoms with Crippen molar-refractivity contribution in [3.63, 3.8) is 0 Å². The third-order valence-electron chi connectivity index (χ3n) is 14.7. The quantitative estimate of drug-likeness (QED) is 0.174. The average Bonchev–Trinajstić information content (AvgIpc) is 4.06. The third kappa shape index (κ3) is 5.02. The molecule has 3 heterocycles. The first kappa shape index (κ1) is 35.0. The van der Waals surface area contributed by atoms with Crippen LogP contribution in [0, 0.1) is 0 Å². The van der Waals surface area contributed by atoms with Gasteiger partial charge in [0.2, 0.25) is 0 Å². The molecule has 0 N–H and O–H groups in total. The normalized spacial score (nSPS) is 14.5. The Morgan fingerprint density at radius 2 is 0.937 bits per heavy atom. The lowest BCUT2D eigenvalue weighted by Crippen LogP contribution is -2.28. The molecule has 12 aromatic rings. The van der Waals surface area contributed by atoms with Crippen molar-refractivity contribution < 1.29 is 4.42 Å². The van der Waals surface area contributed by atoms with E-state index in [1.807, 2.05) is 6.07 Å². The fourth-order valence-electron chi connectivity index (χ4n) is 11.9. The maximum absolute atomic E-state index is 6.26. The van der Waals surface area contributed by atoms with Crippen molar-refractivity contribution in [2.24, 2.45) is 0 Å². The van der Waals surface area contributed by atoms with Gasteiger partial charge in [0.05, 0.1) is 22.1 Å².